The second kappa shape index (κ2) is 4.72. The van der Waals surface area contributed by atoms with Crippen LogP contribution < -0.4 is 5.73 Å². The molecule has 1 rings (SSSR count). The van der Waals surface area contributed by atoms with Crippen molar-refractivity contribution in [3.63, 3.8) is 0 Å². The summed E-state index contributed by atoms with van der Waals surface area (Å²) in [4.78, 5) is 10.7. The summed E-state index contributed by atoms with van der Waals surface area (Å²) in [5.41, 5.74) is 6.13. The molecule has 3 nitrogen and oxygen atoms in total. The van der Waals surface area contributed by atoms with E-state index < -0.39 is 0 Å². The van der Waals surface area contributed by atoms with E-state index in [2.05, 4.69) is 12.2 Å². The second-order valence-electron chi connectivity index (χ2n) is 2.62. The van der Waals surface area contributed by atoms with Crippen LogP contribution in [0.1, 0.15) is 12.8 Å². The fourth-order valence-corrected chi connectivity index (χ4v) is 0.997. The minimum atomic E-state index is -0.352. The first kappa shape index (κ1) is 9.00. The Labute approximate surface area is 71.9 Å². The Morgan fingerprint density at radius 2 is 2.42 bits per heavy atom. The third-order valence-electron chi connectivity index (χ3n) is 1.64. The van der Waals surface area contributed by atoms with Gasteiger partial charge in [-0.05, 0) is 18.4 Å². The van der Waals surface area contributed by atoms with Crippen LogP contribution in [0.3, 0.4) is 0 Å². The first-order valence-electron chi connectivity index (χ1n) is 4.04. The number of hydrogen-bond acceptors (Lipinski definition) is 3. The zero-order chi connectivity index (χ0) is 8.81. The van der Waals surface area contributed by atoms with Gasteiger partial charge in [0.05, 0.1) is 6.54 Å². The van der Waals surface area contributed by atoms with Gasteiger partial charge in [0.15, 0.2) is 0 Å². The normalized spacial score (nSPS) is 15.6. The molecule has 0 saturated carbocycles. The van der Waals surface area contributed by atoms with Gasteiger partial charge in [-0.15, -0.1) is 0 Å². The number of hydrogen-bond donors (Lipinski definition) is 1. The molecule has 0 amide bonds. The number of carbonyl (C=O) groups is 1. The molecule has 0 aliphatic heterocycles. The van der Waals surface area contributed by atoms with E-state index >= 15 is 0 Å². The van der Waals surface area contributed by atoms with Crippen molar-refractivity contribution >= 4 is 5.97 Å². The fourth-order valence-electron chi connectivity index (χ4n) is 0.997. The molecule has 0 aromatic heterocycles. The number of nitrogens with two attached hydrogens (primary N) is 1. The van der Waals surface area contributed by atoms with Crippen LogP contribution in [0.25, 0.3) is 0 Å². The lowest BCUT2D eigenvalue weighted by atomic mass is 10.1. The molecule has 0 spiro atoms. The average Bonchev–Trinajstić information content (AvgIpc) is 2.16. The van der Waals surface area contributed by atoms with Crippen LogP contribution in [0.4, 0.5) is 0 Å². The third kappa shape index (κ3) is 2.88. The molecule has 12 heavy (non-hydrogen) atoms. The topological polar surface area (TPSA) is 52.3 Å². The Hall–Kier alpha value is -1.09. The third-order valence-corrected chi connectivity index (χ3v) is 1.64. The maximum absolute atomic E-state index is 10.7. The summed E-state index contributed by atoms with van der Waals surface area (Å²) in [5, 5.41) is 0. The largest absolute Gasteiger partial charge is 0.460 e. The van der Waals surface area contributed by atoms with E-state index in [0.29, 0.717) is 6.61 Å². The Balaban J connectivity index is 2.27. The monoisotopic (exact) mass is 167 g/mol. The molecule has 66 valence electrons. The summed E-state index contributed by atoms with van der Waals surface area (Å²) in [6.45, 7) is 0.309. The van der Waals surface area contributed by atoms with Gasteiger partial charge in [0.25, 0.3) is 0 Å². The van der Waals surface area contributed by atoms with Crippen LogP contribution in [-0.4, -0.2) is 19.1 Å². The van der Waals surface area contributed by atoms with Crippen molar-refractivity contribution in [3.8, 4) is 0 Å². The van der Waals surface area contributed by atoms with Crippen LogP contribution in [0, 0.1) is 0 Å². The highest BCUT2D eigenvalue weighted by Crippen LogP contribution is 2.09. The van der Waals surface area contributed by atoms with Gasteiger partial charge in [0.1, 0.15) is 6.61 Å². The zero-order valence-electron chi connectivity index (χ0n) is 6.95. The Kier molecular flexibility index (Phi) is 3.54. The highest BCUT2D eigenvalue weighted by atomic mass is 16.5. The number of carbonyl (C=O) groups excluding carboxylic acids is 1. The predicted molar refractivity (Wildman–Crippen MR) is 46.5 cm³/mol. The van der Waals surface area contributed by atoms with Gasteiger partial charge in [0.2, 0.25) is 0 Å². The van der Waals surface area contributed by atoms with Gasteiger partial charge in [-0.1, -0.05) is 18.2 Å². The summed E-state index contributed by atoms with van der Waals surface area (Å²) in [6.07, 6.45) is 8.24. The van der Waals surface area contributed by atoms with Crippen LogP contribution in [0.5, 0.6) is 0 Å². The lowest BCUT2D eigenvalue weighted by molar-refractivity contribution is -0.140. The maximum atomic E-state index is 10.7. The standard InChI is InChI=1S/C9H13NO2/c10-6-9(11)12-7-8-4-2-1-3-5-8/h2,4-5H,1,3,6-7,10H2. The summed E-state index contributed by atoms with van der Waals surface area (Å²) in [5.74, 6) is -0.352. The van der Waals surface area contributed by atoms with Crippen molar-refractivity contribution in [1.29, 1.82) is 0 Å². The van der Waals surface area contributed by atoms with Crippen molar-refractivity contribution < 1.29 is 9.53 Å². The van der Waals surface area contributed by atoms with E-state index in [1.54, 1.807) is 0 Å². The van der Waals surface area contributed by atoms with E-state index in [1.165, 1.54) is 0 Å². The van der Waals surface area contributed by atoms with E-state index in [9.17, 15) is 4.79 Å². The average molecular weight is 167 g/mol. The molecular weight excluding hydrogens is 154 g/mol. The summed E-state index contributed by atoms with van der Waals surface area (Å²) in [7, 11) is 0. The molecule has 0 unspecified atom stereocenters. The quantitative estimate of drug-likeness (QED) is 0.631. The first-order chi connectivity index (χ1) is 5.83. The zero-order valence-corrected chi connectivity index (χ0v) is 6.95. The molecule has 0 radical (unpaired) electrons. The van der Waals surface area contributed by atoms with Crippen LogP contribution >= 0.6 is 0 Å². The van der Waals surface area contributed by atoms with Crippen LogP contribution in [0.15, 0.2) is 23.8 Å². The molecule has 0 atom stereocenters. The van der Waals surface area contributed by atoms with Gasteiger partial charge in [0, 0.05) is 0 Å². The van der Waals surface area contributed by atoms with Crippen molar-refractivity contribution in [2.75, 3.05) is 13.2 Å². The Bertz CT molecular complexity index is 219. The summed E-state index contributed by atoms with van der Waals surface area (Å²) < 4.78 is 4.85. The number of esters is 1. The highest BCUT2D eigenvalue weighted by Gasteiger charge is 2.01. The van der Waals surface area contributed by atoms with E-state index in [1.807, 2.05) is 6.08 Å². The SMILES string of the molecule is NCC(=O)OCC1=CCCC=C1. The lowest BCUT2D eigenvalue weighted by Gasteiger charge is -2.06. The maximum Gasteiger partial charge on any atom is 0.320 e. The summed E-state index contributed by atoms with van der Waals surface area (Å²) >= 11 is 0. The molecule has 0 heterocycles. The van der Waals surface area contributed by atoms with Gasteiger partial charge >= 0.3 is 5.97 Å². The smallest absolute Gasteiger partial charge is 0.320 e. The molecule has 1 aliphatic carbocycles. The van der Waals surface area contributed by atoms with Gasteiger partial charge in [-0.3, -0.25) is 4.79 Å². The number of allylic oxidation sites excluding steroid dienone is 2. The van der Waals surface area contributed by atoms with E-state index in [4.69, 9.17) is 10.5 Å². The minimum absolute atomic E-state index is 0.0446. The molecule has 1 aliphatic rings. The molecule has 0 aromatic rings. The van der Waals surface area contributed by atoms with Crippen LogP contribution in [0.2, 0.25) is 0 Å². The number of ether oxygens (including phenoxy) is 1. The molecule has 3 heteroatoms. The summed E-state index contributed by atoms with van der Waals surface area (Å²) in [6, 6.07) is 0. The molecule has 0 aromatic carbocycles. The Morgan fingerprint density at radius 3 is 3.00 bits per heavy atom. The molecule has 2 N–H and O–H groups in total. The van der Waals surface area contributed by atoms with Gasteiger partial charge in [-0.25, -0.2) is 0 Å². The lowest BCUT2D eigenvalue weighted by Crippen LogP contribution is -2.17. The van der Waals surface area contributed by atoms with Gasteiger partial charge in [-0.2, -0.15) is 0 Å². The Morgan fingerprint density at radius 1 is 1.58 bits per heavy atom. The van der Waals surface area contributed by atoms with Crippen molar-refractivity contribution in [2.45, 2.75) is 12.8 Å². The van der Waals surface area contributed by atoms with Crippen molar-refractivity contribution in [1.82, 2.24) is 0 Å². The highest BCUT2D eigenvalue weighted by molar-refractivity contribution is 5.71. The second-order valence-corrected chi connectivity index (χ2v) is 2.62. The fraction of sp³-hybridized carbons (Fsp3) is 0.444. The molecule has 0 saturated heterocycles. The molecule has 0 fully saturated rings. The predicted octanol–water partition coefficient (Wildman–Crippen LogP) is 0.765. The molecule has 0 bridgehead atoms. The van der Waals surface area contributed by atoms with E-state index in [-0.39, 0.29) is 12.5 Å². The van der Waals surface area contributed by atoms with E-state index in [0.717, 1.165) is 18.4 Å². The number of rotatable bonds is 3. The van der Waals surface area contributed by atoms with Crippen molar-refractivity contribution in [2.24, 2.45) is 5.73 Å². The van der Waals surface area contributed by atoms with Crippen LogP contribution in [-0.2, 0) is 9.53 Å². The first-order valence-corrected chi connectivity index (χ1v) is 4.04. The molecular formula is C9H13NO2. The minimum Gasteiger partial charge on any atom is -0.460 e. The van der Waals surface area contributed by atoms with Gasteiger partial charge < -0.3 is 10.5 Å². The van der Waals surface area contributed by atoms with Crippen molar-refractivity contribution in [3.05, 3.63) is 23.8 Å².